The fourth-order valence-electron chi connectivity index (χ4n) is 2.31. The first kappa shape index (κ1) is 14.0. The summed E-state index contributed by atoms with van der Waals surface area (Å²) in [4.78, 5) is 30.0. The molecule has 1 aliphatic rings. The van der Waals surface area contributed by atoms with E-state index in [1.807, 2.05) is 0 Å². The van der Waals surface area contributed by atoms with Gasteiger partial charge in [0.05, 0.1) is 5.56 Å². The van der Waals surface area contributed by atoms with Crippen molar-refractivity contribution in [2.75, 3.05) is 13.6 Å². The summed E-state index contributed by atoms with van der Waals surface area (Å²) in [6.07, 6.45) is 5.78. The van der Waals surface area contributed by atoms with Gasteiger partial charge in [0.1, 0.15) is 6.04 Å². The third kappa shape index (κ3) is 3.12. The standard InChI is InChI=1S/C13H16BrN3O2/c1-15-12(18)11-4-2-3-5-17(11)13(19)9-6-10(14)8-16-7-9/h6-8,11H,2-5H2,1H3,(H,15,18)/t11-/m1/s1. The highest BCUT2D eigenvalue weighted by Gasteiger charge is 2.32. The molecule has 1 N–H and O–H groups in total. The Morgan fingerprint density at radius 2 is 2.21 bits per heavy atom. The van der Waals surface area contributed by atoms with Crippen molar-refractivity contribution >= 4 is 27.7 Å². The van der Waals surface area contributed by atoms with Crippen LogP contribution in [-0.4, -0.2) is 41.3 Å². The van der Waals surface area contributed by atoms with Gasteiger partial charge in [-0.05, 0) is 41.3 Å². The maximum absolute atomic E-state index is 12.5. The Hall–Kier alpha value is -1.43. The highest BCUT2D eigenvalue weighted by atomic mass is 79.9. The van der Waals surface area contributed by atoms with E-state index in [0.29, 0.717) is 18.5 Å². The molecular formula is C13H16BrN3O2. The van der Waals surface area contributed by atoms with E-state index in [0.717, 1.165) is 17.3 Å². The summed E-state index contributed by atoms with van der Waals surface area (Å²) < 4.78 is 0.756. The van der Waals surface area contributed by atoms with Crippen LogP contribution in [0.4, 0.5) is 0 Å². The Kier molecular flexibility index (Phi) is 4.52. The molecule has 0 bridgehead atoms. The highest BCUT2D eigenvalue weighted by molar-refractivity contribution is 9.10. The lowest BCUT2D eigenvalue weighted by molar-refractivity contribution is -0.126. The molecule has 5 nitrogen and oxygen atoms in total. The lowest BCUT2D eigenvalue weighted by atomic mass is 10.0. The summed E-state index contributed by atoms with van der Waals surface area (Å²) in [7, 11) is 1.60. The molecular weight excluding hydrogens is 310 g/mol. The molecule has 6 heteroatoms. The van der Waals surface area contributed by atoms with Gasteiger partial charge in [-0.2, -0.15) is 0 Å². The number of pyridine rings is 1. The van der Waals surface area contributed by atoms with E-state index in [1.54, 1.807) is 24.2 Å². The molecule has 0 aliphatic carbocycles. The summed E-state index contributed by atoms with van der Waals surface area (Å²) in [5.41, 5.74) is 0.505. The molecule has 1 aliphatic heterocycles. The van der Waals surface area contributed by atoms with Gasteiger partial charge in [-0.25, -0.2) is 0 Å². The molecule has 0 aromatic carbocycles. The monoisotopic (exact) mass is 325 g/mol. The van der Waals surface area contributed by atoms with E-state index in [1.165, 1.54) is 6.20 Å². The number of amides is 2. The van der Waals surface area contributed by atoms with Gasteiger partial charge >= 0.3 is 0 Å². The van der Waals surface area contributed by atoms with Gasteiger partial charge in [0.2, 0.25) is 5.91 Å². The average molecular weight is 326 g/mol. The van der Waals surface area contributed by atoms with E-state index in [4.69, 9.17) is 0 Å². The summed E-state index contributed by atoms with van der Waals surface area (Å²) in [6.45, 7) is 0.615. The zero-order valence-electron chi connectivity index (χ0n) is 10.7. The summed E-state index contributed by atoms with van der Waals surface area (Å²) in [5, 5.41) is 2.62. The summed E-state index contributed by atoms with van der Waals surface area (Å²) >= 11 is 3.30. The van der Waals surface area contributed by atoms with E-state index in [9.17, 15) is 9.59 Å². The van der Waals surface area contributed by atoms with Gasteiger partial charge in [-0.15, -0.1) is 0 Å². The molecule has 2 amide bonds. The van der Waals surface area contributed by atoms with Gasteiger partial charge in [0.15, 0.2) is 0 Å². The zero-order valence-corrected chi connectivity index (χ0v) is 12.3. The van der Waals surface area contributed by atoms with Crippen molar-refractivity contribution in [3.05, 3.63) is 28.5 Å². The number of nitrogens with one attached hydrogen (secondary N) is 1. The number of aromatic nitrogens is 1. The Bertz CT molecular complexity index is 493. The molecule has 2 heterocycles. The van der Waals surface area contributed by atoms with E-state index >= 15 is 0 Å². The minimum absolute atomic E-state index is 0.101. The fraction of sp³-hybridized carbons (Fsp3) is 0.462. The Morgan fingerprint density at radius 3 is 2.89 bits per heavy atom. The van der Waals surface area contributed by atoms with E-state index in [2.05, 4.69) is 26.2 Å². The number of likely N-dealkylation sites (tertiary alicyclic amines) is 1. The topological polar surface area (TPSA) is 62.3 Å². The molecule has 102 valence electrons. The van der Waals surface area contributed by atoms with Crippen molar-refractivity contribution in [1.29, 1.82) is 0 Å². The molecule has 0 unspecified atom stereocenters. The van der Waals surface area contributed by atoms with Gasteiger partial charge in [0.25, 0.3) is 5.91 Å². The second kappa shape index (κ2) is 6.14. The molecule has 1 atom stereocenters. The quantitative estimate of drug-likeness (QED) is 0.898. The maximum Gasteiger partial charge on any atom is 0.256 e. The Labute approximate surface area is 120 Å². The first-order valence-electron chi connectivity index (χ1n) is 6.26. The average Bonchev–Trinajstić information content (AvgIpc) is 2.45. The fourth-order valence-corrected chi connectivity index (χ4v) is 2.67. The maximum atomic E-state index is 12.5. The summed E-state index contributed by atoms with van der Waals surface area (Å²) in [6, 6.07) is 1.36. The number of carbonyl (C=O) groups excluding carboxylic acids is 2. The van der Waals surface area contributed by atoms with Crippen LogP contribution in [0, 0.1) is 0 Å². The van der Waals surface area contributed by atoms with Crippen LogP contribution in [0.3, 0.4) is 0 Å². The van der Waals surface area contributed by atoms with Crippen LogP contribution in [0.15, 0.2) is 22.9 Å². The number of hydrogen-bond acceptors (Lipinski definition) is 3. The van der Waals surface area contributed by atoms with Gasteiger partial charge in [-0.1, -0.05) is 0 Å². The van der Waals surface area contributed by atoms with Gasteiger partial charge < -0.3 is 10.2 Å². The van der Waals surface area contributed by atoms with Crippen LogP contribution >= 0.6 is 15.9 Å². The zero-order chi connectivity index (χ0) is 13.8. The van der Waals surface area contributed by atoms with Crippen LogP contribution in [0.25, 0.3) is 0 Å². The number of piperidine rings is 1. The largest absolute Gasteiger partial charge is 0.357 e. The Balaban J connectivity index is 2.22. The minimum Gasteiger partial charge on any atom is -0.357 e. The SMILES string of the molecule is CNC(=O)[C@H]1CCCCN1C(=O)c1cncc(Br)c1. The molecule has 1 aromatic rings. The number of carbonyl (C=O) groups is 2. The number of halogens is 1. The van der Waals surface area contributed by atoms with Crippen LogP contribution < -0.4 is 5.32 Å². The summed E-state index contributed by atoms with van der Waals surface area (Å²) in [5.74, 6) is -0.238. The molecule has 19 heavy (non-hydrogen) atoms. The first-order valence-corrected chi connectivity index (χ1v) is 7.06. The predicted octanol–water partition coefficient (Wildman–Crippen LogP) is 1.58. The Morgan fingerprint density at radius 1 is 1.42 bits per heavy atom. The number of hydrogen-bond donors (Lipinski definition) is 1. The molecule has 1 aromatic heterocycles. The number of rotatable bonds is 2. The highest BCUT2D eigenvalue weighted by Crippen LogP contribution is 2.20. The van der Waals surface area contributed by atoms with Crippen molar-refractivity contribution in [2.45, 2.75) is 25.3 Å². The second-order valence-corrected chi connectivity index (χ2v) is 5.43. The van der Waals surface area contributed by atoms with Crippen molar-refractivity contribution < 1.29 is 9.59 Å². The van der Waals surface area contributed by atoms with Crippen LogP contribution in [-0.2, 0) is 4.79 Å². The molecule has 1 fully saturated rings. The smallest absolute Gasteiger partial charge is 0.256 e. The van der Waals surface area contributed by atoms with Crippen molar-refractivity contribution in [3.63, 3.8) is 0 Å². The lowest BCUT2D eigenvalue weighted by Gasteiger charge is -2.34. The number of likely N-dealkylation sites (N-methyl/N-ethyl adjacent to an activating group) is 1. The predicted molar refractivity (Wildman–Crippen MR) is 74.7 cm³/mol. The van der Waals surface area contributed by atoms with E-state index < -0.39 is 0 Å². The number of nitrogens with zero attached hydrogens (tertiary/aromatic N) is 2. The first-order chi connectivity index (χ1) is 9.13. The van der Waals surface area contributed by atoms with Crippen molar-refractivity contribution in [3.8, 4) is 0 Å². The van der Waals surface area contributed by atoms with Crippen molar-refractivity contribution in [1.82, 2.24) is 15.2 Å². The molecule has 0 radical (unpaired) electrons. The molecule has 2 rings (SSSR count). The van der Waals surface area contributed by atoms with Crippen LogP contribution in [0.1, 0.15) is 29.6 Å². The molecule has 0 spiro atoms. The lowest BCUT2D eigenvalue weighted by Crippen LogP contribution is -2.51. The van der Waals surface area contributed by atoms with Crippen LogP contribution in [0.5, 0.6) is 0 Å². The molecule has 1 saturated heterocycles. The minimum atomic E-state index is -0.370. The van der Waals surface area contributed by atoms with Crippen molar-refractivity contribution in [2.24, 2.45) is 0 Å². The third-order valence-electron chi connectivity index (χ3n) is 3.26. The van der Waals surface area contributed by atoms with Gasteiger partial charge in [0, 0.05) is 30.5 Å². The molecule has 0 saturated carbocycles. The second-order valence-electron chi connectivity index (χ2n) is 4.52. The van der Waals surface area contributed by atoms with E-state index in [-0.39, 0.29) is 17.9 Å². The van der Waals surface area contributed by atoms with Crippen LogP contribution in [0.2, 0.25) is 0 Å². The normalized spacial score (nSPS) is 19.1. The third-order valence-corrected chi connectivity index (χ3v) is 3.70. The van der Waals surface area contributed by atoms with Gasteiger partial charge in [-0.3, -0.25) is 14.6 Å².